The molecule has 3 heterocycles. The number of methoxy groups -OCH3 is 1. The van der Waals surface area contributed by atoms with Crippen LogP contribution >= 0.6 is 0 Å². The van der Waals surface area contributed by atoms with Crippen molar-refractivity contribution < 1.29 is 23.4 Å². The molecule has 6 nitrogen and oxygen atoms in total. The Hall–Kier alpha value is -1.61. The molecule has 3 aliphatic heterocycles. The summed E-state index contributed by atoms with van der Waals surface area (Å²) in [4.78, 5) is 19.2. The summed E-state index contributed by atoms with van der Waals surface area (Å²) in [6.07, 6.45) is 1.60. The Morgan fingerprint density at radius 3 is 2.62 bits per heavy atom. The van der Waals surface area contributed by atoms with Crippen LogP contribution in [0, 0.1) is 0 Å². The molecule has 3 saturated heterocycles. The molecule has 2 atom stereocenters. The molecule has 1 aromatic rings. The fraction of sp³-hybridized carbons (Fsp3) is 0.708. The molecular formula is C24H33F2N3O3. The van der Waals surface area contributed by atoms with Crippen LogP contribution in [0.3, 0.4) is 0 Å². The maximum absolute atomic E-state index is 13.6. The van der Waals surface area contributed by atoms with Gasteiger partial charge in [0.05, 0.1) is 24.3 Å². The van der Waals surface area contributed by atoms with Gasteiger partial charge in [-0.15, -0.1) is 0 Å². The molecular weight excluding hydrogens is 416 g/mol. The first-order valence-electron chi connectivity index (χ1n) is 11.7. The van der Waals surface area contributed by atoms with Crippen LogP contribution in [-0.2, 0) is 11.3 Å². The number of esters is 1. The van der Waals surface area contributed by atoms with E-state index in [-0.39, 0.29) is 36.5 Å². The van der Waals surface area contributed by atoms with E-state index in [9.17, 15) is 18.7 Å². The minimum Gasteiger partial charge on any atom is -0.465 e. The van der Waals surface area contributed by atoms with E-state index in [0.29, 0.717) is 31.0 Å². The number of halogens is 2. The summed E-state index contributed by atoms with van der Waals surface area (Å²) in [5.41, 5.74) is 1.60. The van der Waals surface area contributed by atoms with Crippen molar-refractivity contribution >= 4 is 5.97 Å². The lowest BCUT2D eigenvalue weighted by Crippen LogP contribution is -2.79. The molecule has 1 saturated carbocycles. The number of β-amino-alcohol motifs (C(OH)–C–C–N with tert-alkyl or cyclic N) is 1. The van der Waals surface area contributed by atoms with Gasteiger partial charge in [-0.05, 0) is 37.0 Å². The summed E-state index contributed by atoms with van der Waals surface area (Å²) in [6, 6.07) is 8.13. The topological polar surface area (TPSA) is 56.2 Å². The molecule has 8 heteroatoms. The number of carbonyl (C=O) groups is 1. The zero-order valence-corrected chi connectivity index (χ0v) is 18.7. The number of aliphatic hydroxyl groups excluding tert-OH is 1. The highest BCUT2D eigenvalue weighted by atomic mass is 19.3. The number of hydrogen-bond acceptors (Lipinski definition) is 6. The van der Waals surface area contributed by atoms with E-state index in [0.717, 1.165) is 44.7 Å². The average molecular weight is 450 g/mol. The minimum atomic E-state index is -2.50. The predicted molar refractivity (Wildman–Crippen MR) is 116 cm³/mol. The molecule has 4 aliphatic rings. The van der Waals surface area contributed by atoms with Crippen LogP contribution in [0.4, 0.5) is 8.78 Å². The first-order chi connectivity index (χ1) is 15.3. The maximum Gasteiger partial charge on any atom is 0.337 e. The highest BCUT2D eigenvalue weighted by Crippen LogP contribution is 2.43. The zero-order chi connectivity index (χ0) is 22.5. The largest absolute Gasteiger partial charge is 0.465 e. The molecule has 4 fully saturated rings. The molecule has 0 radical (unpaired) electrons. The number of piperazine rings is 1. The fourth-order valence-corrected chi connectivity index (χ4v) is 6.45. The maximum atomic E-state index is 13.6. The Kier molecular flexibility index (Phi) is 5.76. The van der Waals surface area contributed by atoms with Crippen molar-refractivity contribution in [2.45, 2.75) is 68.3 Å². The molecule has 5 rings (SSSR count). The van der Waals surface area contributed by atoms with Crippen molar-refractivity contribution in [3.63, 3.8) is 0 Å². The fourth-order valence-electron chi connectivity index (χ4n) is 6.45. The van der Waals surface area contributed by atoms with Gasteiger partial charge in [0.2, 0.25) is 5.92 Å². The number of likely N-dealkylation sites (tertiary alicyclic amines) is 1. The number of alkyl halides is 2. The van der Waals surface area contributed by atoms with Crippen LogP contribution in [0.2, 0.25) is 0 Å². The monoisotopic (exact) mass is 449 g/mol. The van der Waals surface area contributed by atoms with E-state index in [1.807, 2.05) is 18.2 Å². The molecule has 1 aliphatic carbocycles. The molecule has 1 N–H and O–H groups in total. The summed E-state index contributed by atoms with van der Waals surface area (Å²) in [5, 5.41) is 10.4. The summed E-state index contributed by atoms with van der Waals surface area (Å²) < 4.78 is 32.1. The number of hydrogen-bond donors (Lipinski definition) is 1. The lowest BCUT2D eigenvalue weighted by atomic mass is 9.80. The van der Waals surface area contributed by atoms with Crippen LogP contribution in [0.25, 0.3) is 0 Å². The van der Waals surface area contributed by atoms with Crippen molar-refractivity contribution in [2.24, 2.45) is 0 Å². The van der Waals surface area contributed by atoms with E-state index >= 15 is 0 Å². The Labute approximate surface area is 188 Å². The SMILES string of the molecule is COC(=O)c1cccc(CN2C[C@@H]3C[C@@H](O)CN3C3(C2)CN(C2CCC(F)(F)CC2)C3)c1. The van der Waals surface area contributed by atoms with E-state index in [4.69, 9.17) is 4.74 Å². The molecule has 0 unspecified atom stereocenters. The van der Waals surface area contributed by atoms with Crippen LogP contribution < -0.4 is 0 Å². The third-order valence-corrected chi connectivity index (χ3v) is 7.94. The van der Waals surface area contributed by atoms with E-state index in [1.165, 1.54) is 7.11 Å². The smallest absolute Gasteiger partial charge is 0.337 e. The normalized spacial score (nSPS) is 30.8. The number of nitrogens with zero attached hydrogens (tertiary/aromatic N) is 3. The Morgan fingerprint density at radius 2 is 1.91 bits per heavy atom. The van der Waals surface area contributed by atoms with Gasteiger partial charge in [0, 0.05) is 64.2 Å². The number of carbonyl (C=O) groups excluding carboxylic acids is 1. The van der Waals surface area contributed by atoms with Gasteiger partial charge in [0.25, 0.3) is 0 Å². The summed E-state index contributed by atoms with van der Waals surface area (Å²) in [7, 11) is 1.39. The van der Waals surface area contributed by atoms with Gasteiger partial charge >= 0.3 is 5.97 Å². The first kappa shape index (κ1) is 22.2. The van der Waals surface area contributed by atoms with Gasteiger partial charge < -0.3 is 9.84 Å². The molecule has 1 aromatic carbocycles. The number of aliphatic hydroxyl groups is 1. The Bertz CT molecular complexity index is 851. The number of fused-ring (bicyclic) bond motifs is 2. The second-order valence-corrected chi connectivity index (χ2v) is 10.3. The average Bonchev–Trinajstić information content (AvgIpc) is 3.12. The molecule has 32 heavy (non-hydrogen) atoms. The number of ether oxygens (including phenoxy) is 1. The van der Waals surface area contributed by atoms with Gasteiger partial charge in [0.1, 0.15) is 0 Å². The van der Waals surface area contributed by atoms with Crippen LogP contribution in [0.1, 0.15) is 48.0 Å². The number of rotatable bonds is 4. The van der Waals surface area contributed by atoms with Crippen LogP contribution in [-0.4, -0.2) is 95.3 Å². The van der Waals surface area contributed by atoms with Gasteiger partial charge in [-0.2, -0.15) is 0 Å². The van der Waals surface area contributed by atoms with Gasteiger partial charge in [-0.1, -0.05) is 12.1 Å². The lowest BCUT2D eigenvalue weighted by molar-refractivity contribution is -0.142. The minimum absolute atomic E-state index is 0.00508. The number of benzene rings is 1. The summed E-state index contributed by atoms with van der Waals surface area (Å²) in [5.74, 6) is -2.83. The Balaban J connectivity index is 1.28. The van der Waals surface area contributed by atoms with E-state index < -0.39 is 5.92 Å². The third kappa shape index (κ3) is 4.18. The molecule has 176 valence electrons. The summed E-state index contributed by atoms with van der Waals surface area (Å²) >= 11 is 0. The second kappa shape index (κ2) is 8.31. The van der Waals surface area contributed by atoms with Crippen LogP contribution in [0.5, 0.6) is 0 Å². The molecule has 0 aromatic heterocycles. The van der Waals surface area contributed by atoms with Crippen molar-refractivity contribution in [3.8, 4) is 0 Å². The molecule has 1 spiro atoms. The van der Waals surface area contributed by atoms with E-state index in [2.05, 4.69) is 14.7 Å². The van der Waals surface area contributed by atoms with Gasteiger partial charge in [0.15, 0.2) is 0 Å². The highest BCUT2D eigenvalue weighted by Gasteiger charge is 2.57. The van der Waals surface area contributed by atoms with Crippen molar-refractivity contribution in [1.29, 1.82) is 0 Å². The van der Waals surface area contributed by atoms with Crippen molar-refractivity contribution in [3.05, 3.63) is 35.4 Å². The van der Waals surface area contributed by atoms with Crippen LogP contribution in [0.15, 0.2) is 24.3 Å². The molecule has 0 bridgehead atoms. The standard InChI is InChI=1S/C24H33F2N3O3/c1-32-22(31)18-4-2-3-17(9-18)11-27-12-20-10-21(30)13-29(20)23(14-27)15-28(16-23)19-5-7-24(25,26)8-6-19/h2-4,9,19-21,30H,5-8,10-16H2,1H3/t20-,21+/m0/s1. The van der Waals surface area contributed by atoms with E-state index in [1.54, 1.807) is 6.07 Å². The second-order valence-electron chi connectivity index (χ2n) is 10.3. The third-order valence-electron chi connectivity index (χ3n) is 7.94. The van der Waals surface area contributed by atoms with Gasteiger partial charge in [-0.3, -0.25) is 14.7 Å². The molecule has 0 amide bonds. The predicted octanol–water partition coefficient (Wildman–Crippen LogP) is 2.36. The highest BCUT2D eigenvalue weighted by molar-refractivity contribution is 5.89. The van der Waals surface area contributed by atoms with Gasteiger partial charge in [-0.25, -0.2) is 13.6 Å². The quantitative estimate of drug-likeness (QED) is 0.713. The Morgan fingerprint density at radius 1 is 1.16 bits per heavy atom. The van der Waals surface area contributed by atoms with Crippen molar-refractivity contribution in [2.75, 3.05) is 39.8 Å². The van der Waals surface area contributed by atoms with Crippen molar-refractivity contribution in [1.82, 2.24) is 14.7 Å². The lowest BCUT2D eigenvalue weighted by Gasteiger charge is -2.63. The first-order valence-corrected chi connectivity index (χ1v) is 11.7. The summed E-state index contributed by atoms with van der Waals surface area (Å²) in [6.45, 7) is 4.97. The zero-order valence-electron chi connectivity index (χ0n) is 18.7.